The number of rotatable bonds is 8. The van der Waals surface area contributed by atoms with Gasteiger partial charge in [-0.05, 0) is 37.0 Å². The second-order valence-corrected chi connectivity index (χ2v) is 4.86. The van der Waals surface area contributed by atoms with Crippen molar-refractivity contribution in [2.75, 3.05) is 13.2 Å². The Morgan fingerprint density at radius 2 is 2.06 bits per heavy atom. The van der Waals surface area contributed by atoms with Crippen LogP contribution in [-0.2, 0) is 0 Å². The smallest absolute Gasteiger partial charge is 0.119 e. The van der Waals surface area contributed by atoms with E-state index in [2.05, 4.69) is 36.5 Å². The van der Waals surface area contributed by atoms with Gasteiger partial charge in [-0.25, -0.2) is 0 Å². The van der Waals surface area contributed by atoms with Crippen LogP contribution in [0.4, 0.5) is 0 Å². The summed E-state index contributed by atoms with van der Waals surface area (Å²) in [7, 11) is 0. The lowest BCUT2D eigenvalue weighted by Crippen LogP contribution is -2.15. The predicted molar refractivity (Wildman–Crippen MR) is 76.9 cm³/mol. The average molecular weight is 245 g/mol. The second-order valence-electron chi connectivity index (χ2n) is 4.86. The van der Waals surface area contributed by atoms with Gasteiger partial charge in [-0.2, -0.15) is 0 Å². The van der Waals surface area contributed by atoms with Crippen molar-refractivity contribution in [3.05, 3.63) is 35.9 Å². The lowest BCUT2D eigenvalue weighted by atomic mass is 10.2. The third kappa shape index (κ3) is 4.92. The lowest BCUT2D eigenvalue weighted by Gasteiger charge is -2.05. The van der Waals surface area contributed by atoms with Gasteiger partial charge in [-0.1, -0.05) is 37.6 Å². The van der Waals surface area contributed by atoms with E-state index in [0.717, 1.165) is 31.4 Å². The minimum absolute atomic E-state index is 0.781. The van der Waals surface area contributed by atoms with Crippen LogP contribution in [-0.4, -0.2) is 19.2 Å². The van der Waals surface area contributed by atoms with Crippen LogP contribution < -0.4 is 10.1 Å². The fraction of sp³-hybridized carbons (Fsp3) is 0.500. The molecule has 1 saturated carbocycles. The molecule has 1 fully saturated rings. The lowest BCUT2D eigenvalue weighted by molar-refractivity contribution is 0.309. The van der Waals surface area contributed by atoms with Gasteiger partial charge in [0.25, 0.3) is 0 Å². The molecule has 0 spiro atoms. The molecule has 1 aromatic rings. The largest absolute Gasteiger partial charge is 0.494 e. The van der Waals surface area contributed by atoms with Crippen molar-refractivity contribution in [1.82, 2.24) is 5.32 Å². The molecule has 1 aliphatic carbocycles. The number of unbranched alkanes of at least 4 members (excludes halogenated alkanes) is 1. The van der Waals surface area contributed by atoms with Crippen LogP contribution in [0.1, 0.15) is 38.2 Å². The monoisotopic (exact) mass is 245 g/mol. The van der Waals surface area contributed by atoms with Gasteiger partial charge >= 0.3 is 0 Å². The Balaban J connectivity index is 1.71. The van der Waals surface area contributed by atoms with E-state index in [1.54, 1.807) is 0 Å². The molecule has 0 unspecified atom stereocenters. The number of hydrogen-bond donors (Lipinski definition) is 1. The summed E-state index contributed by atoms with van der Waals surface area (Å²) >= 11 is 0. The molecular formula is C16H23NO. The van der Waals surface area contributed by atoms with Crippen molar-refractivity contribution in [1.29, 1.82) is 0 Å². The van der Waals surface area contributed by atoms with E-state index in [1.165, 1.54) is 24.8 Å². The molecule has 2 heteroatoms. The number of hydrogen-bond acceptors (Lipinski definition) is 2. The van der Waals surface area contributed by atoms with Gasteiger partial charge in [-0.3, -0.25) is 0 Å². The molecule has 1 N–H and O–H groups in total. The highest BCUT2D eigenvalue weighted by atomic mass is 16.5. The van der Waals surface area contributed by atoms with Gasteiger partial charge in [0.1, 0.15) is 5.75 Å². The molecule has 0 bridgehead atoms. The fourth-order valence-electron chi connectivity index (χ4n) is 1.73. The summed E-state index contributed by atoms with van der Waals surface area (Å²) in [5.41, 5.74) is 1.23. The molecule has 18 heavy (non-hydrogen) atoms. The fourth-order valence-corrected chi connectivity index (χ4v) is 1.73. The zero-order valence-electron chi connectivity index (χ0n) is 11.2. The first kappa shape index (κ1) is 13.2. The zero-order valence-corrected chi connectivity index (χ0v) is 11.2. The van der Waals surface area contributed by atoms with Gasteiger partial charge in [-0.15, -0.1) is 0 Å². The zero-order chi connectivity index (χ0) is 12.6. The first-order valence-corrected chi connectivity index (χ1v) is 7.01. The van der Waals surface area contributed by atoms with Crippen LogP contribution in [0.2, 0.25) is 0 Å². The molecule has 0 heterocycles. The van der Waals surface area contributed by atoms with Crippen molar-refractivity contribution in [2.24, 2.45) is 0 Å². The van der Waals surface area contributed by atoms with Crippen LogP contribution in [0, 0.1) is 0 Å². The van der Waals surface area contributed by atoms with Crippen molar-refractivity contribution >= 4 is 6.08 Å². The molecule has 2 rings (SSSR count). The Morgan fingerprint density at radius 1 is 1.28 bits per heavy atom. The van der Waals surface area contributed by atoms with Gasteiger partial charge in [0.2, 0.25) is 0 Å². The third-order valence-corrected chi connectivity index (χ3v) is 3.06. The minimum atomic E-state index is 0.781. The molecule has 0 atom stereocenters. The Morgan fingerprint density at radius 3 is 2.72 bits per heavy atom. The SMILES string of the molecule is CCCCOc1ccc(C=CCNC2CC2)cc1. The van der Waals surface area contributed by atoms with Crippen LogP contribution in [0.15, 0.2) is 30.3 Å². The normalized spacial score (nSPS) is 15.2. The highest BCUT2D eigenvalue weighted by molar-refractivity contribution is 5.50. The molecule has 0 radical (unpaired) electrons. The van der Waals surface area contributed by atoms with E-state index in [-0.39, 0.29) is 0 Å². The summed E-state index contributed by atoms with van der Waals surface area (Å²) in [5.74, 6) is 0.969. The van der Waals surface area contributed by atoms with Gasteiger partial charge in [0.05, 0.1) is 6.61 Å². The predicted octanol–water partition coefficient (Wildman–Crippen LogP) is 3.63. The molecule has 0 amide bonds. The van der Waals surface area contributed by atoms with Crippen LogP contribution in [0.5, 0.6) is 5.75 Å². The van der Waals surface area contributed by atoms with Crippen molar-refractivity contribution in [2.45, 2.75) is 38.6 Å². The topological polar surface area (TPSA) is 21.3 Å². The Bertz CT molecular complexity index is 365. The maximum Gasteiger partial charge on any atom is 0.119 e. The first-order valence-electron chi connectivity index (χ1n) is 7.01. The van der Waals surface area contributed by atoms with Crippen molar-refractivity contribution in [3.8, 4) is 5.75 Å². The minimum Gasteiger partial charge on any atom is -0.494 e. The quantitative estimate of drug-likeness (QED) is 0.706. The Labute approximate surface area is 110 Å². The highest BCUT2D eigenvalue weighted by Gasteiger charge is 2.18. The summed E-state index contributed by atoms with van der Waals surface area (Å²) < 4.78 is 5.63. The van der Waals surface area contributed by atoms with E-state index in [0.29, 0.717) is 0 Å². The van der Waals surface area contributed by atoms with Gasteiger partial charge in [0.15, 0.2) is 0 Å². The molecular weight excluding hydrogens is 222 g/mol. The van der Waals surface area contributed by atoms with Crippen LogP contribution in [0.25, 0.3) is 6.08 Å². The van der Waals surface area contributed by atoms with E-state index >= 15 is 0 Å². The summed E-state index contributed by atoms with van der Waals surface area (Å²) in [6, 6.07) is 9.08. The molecule has 98 valence electrons. The van der Waals surface area contributed by atoms with Crippen molar-refractivity contribution < 1.29 is 4.74 Å². The molecule has 0 saturated heterocycles. The maximum atomic E-state index is 5.63. The first-order chi connectivity index (χ1) is 8.88. The van der Waals surface area contributed by atoms with Gasteiger partial charge in [0, 0.05) is 12.6 Å². The summed E-state index contributed by atoms with van der Waals surface area (Å²) in [4.78, 5) is 0. The average Bonchev–Trinajstić information content (AvgIpc) is 3.21. The van der Waals surface area contributed by atoms with E-state index in [9.17, 15) is 0 Å². The standard InChI is InChI=1S/C16H23NO/c1-2-3-13-18-16-10-6-14(7-11-16)5-4-12-17-15-8-9-15/h4-7,10-11,15,17H,2-3,8-9,12-13H2,1H3. The van der Waals surface area contributed by atoms with Crippen molar-refractivity contribution in [3.63, 3.8) is 0 Å². The maximum absolute atomic E-state index is 5.63. The van der Waals surface area contributed by atoms with E-state index < -0.39 is 0 Å². The van der Waals surface area contributed by atoms with E-state index in [1.807, 2.05) is 12.1 Å². The third-order valence-electron chi connectivity index (χ3n) is 3.06. The van der Waals surface area contributed by atoms with Gasteiger partial charge < -0.3 is 10.1 Å². The summed E-state index contributed by atoms with van der Waals surface area (Å²) in [6.45, 7) is 3.96. The molecule has 1 aromatic carbocycles. The summed E-state index contributed by atoms with van der Waals surface area (Å²) in [5, 5.41) is 3.46. The Hall–Kier alpha value is -1.28. The molecule has 0 aromatic heterocycles. The van der Waals surface area contributed by atoms with Crippen LogP contribution >= 0.6 is 0 Å². The molecule has 1 aliphatic rings. The Kier molecular flexibility index (Phi) is 5.28. The molecule has 2 nitrogen and oxygen atoms in total. The van der Waals surface area contributed by atoms with E-state index in [4.69, 9.17) is 4.74 Å². The highest BCUT2D eigenvalue weighted by Crippen LogP contribution is 2.18. The number of benzene rings is 1. The second kappa shape index (κ2) is 7.22. The summed E-state index contributed by atoms with van der Waals surface area (Å²) in [6.07, 6.45) is 9.33. The number of nitrogens with one attached hydrogen (secondary N) is 1. The number of ether oxygens (including phenoxy) is 1. The molecule has 0 aliphatic heterocycles. The van der Waals surface area contributed by atoms with Crippen LogP contribution in [0.3, 0.4) is 0 Å².